The Morgan fingerprint density at radius 2 is 2.42 bits per heavy atom. The number of aromatic nitrogens is 3. The molecule has 0 radical (unpaired) electrons. The highest BCUT2D eigenvalue weighted by molar-refractivity contribution is 4.84. The molecule has 0 aromatic carbocycles. The van der Waals surface area contributed by atoms with Crippen LogP contribution in [0.15, 0.2) is 6.33 Å². The first-order valence-electron chi connectivity index (χ1n) is 4.39. The fourth-order valence-corrected chi connectivity index (χ4v) is 1.09. The van der Waals surface area contributed by atoms with E-state index in [9.17, 15) is 0 Å². The fraction of sp³-hybridized carbons (Fsp3) is 0.750. The first-order valence-corrected chi connectivity index (χ1v) is 4.39. The van der Waals surface area contributed by atoms with Gasteiger partial charge in [-0.05, 0) is 13.5 Å². The summed E-state index contributed by atoms with van der Waals surface area (Å²) in [5.74, 6) is 1.02. The molecule has 1 rings (SSSR count). The van der Waals surface area contributed by atoms with E-state index >= 15 is 0 Å². The van der Waals surface area contributed by atoms with Crippen molar-refractivity contribution in [2.24, 2.45) is 0 Å². The van der Waals surface area contributed by atoms with Gasteiger partial charge in [-0.15, -0.1) is 10.2 Å². The molecule has 1 aromatic rings. The third-order valence-corrected chi connectivity index (χ3v) is 1.78. The molecule has 0 aliphatic rings. The third-order valence-electron chi connectivity index (χ3n) is 1.78. The molecule has 0 spiro atoms. The van der Waals surface area contributed by atoms with E-state index in [0.717, 1.165) is 18.9 Å². The van der Waals surface area contributed by atoms with E-state index in [2.05, 4.69) is 27.0 Å². The minimum absolute atomic E-state index is 0.795. The van der Waals surface area contributed by atoms with Gasteiger partial charge in [-0.25, -0.2) is 0 Å². The van der Waals surface area contributed by atoms with Crippen LogP contribution in [0.25, 0.3) is 0 Å². The molecular weight excluding hydrogens is 152 g/mol. The largest absolute Gasteiger partial charge is 0.317 e. The van der Waals surface area contributed by atoms with Crippen molar-refractivity contribution >= 4 is 0 Å². The van der Waals surface area contributed by atoms with Gasteiger partial charge in [0, 0.05) is 6.54 Å². The van der Waals surface area contributed by atoms with E-state index < -0.39 is 0 Å². The lowest BCUT2D eigenvalue weighted by atomic mass is 10.3. The van der Waals surface area contributed by atoms with Crippen LogP contribution in [0.2, 0.25) is 0 Å². The summed E-state index contributed by atoms with van der Waals surface area (Å²) >= 11 is 0. The van der Waals surface area contributed by atoms with E-state index in [1.807, 2.05) is 7.05 Å². The van der Waals surface area contributed by atoms with Crippen LogP contribution in [0.5, 0.6) is 0 Å². The molecule has 12 heavy (non-hydrogen) atoms. The summed E-state index contributed by atoms with van der Waals surface area (Å²) in [6, 6.07) is 0. The third kappa shape index (κ3) is 2.30. The van der Waals surface area contributed by atoms with Crippen LogP contribution in [0, 0.1) is 0 Å². The second kappa shape index (κ2) is 4.87. The molecule has 0 aliphatic carbocycles. The molecule has 4 nitrogen and oxygen atoms in total. The topological polar surface area (TPSA) is 42.7 Å². The molecular formula is C8H16N4. The van der Waals surface area contributed by atoms with Gasteiger partial charge in [0.05, 0.1) is 6.54 Å². The fourth-order valence-electron chi connectivity index (χ4n) is 1.09. The van der Waals surface area contributed by atoms with Crippen molar-refractivity contribution in [2.45, 2.75) is 32.9 Å². The van der Waals surface area contributed by atoms with Crippen LogP contribution in [-0.2, 0) is 13.1 Å². The molecule has 1 N–H and O–H groups in total. The summed E-state index contributed by atoms with van der Waals surface area (Å²) in [6.07, 6.45) is 4.19. The highest BCUT2D eigenvalue weighted by atomic mass is 15.3. The second-order valence-corrected chi connectivity index (χ2v) is 2.82. The molecule has 4 heteroatoms. The van der Waals surface area contributed by atoms with Crippen molar-refractivity contribution < 1.29 is 0 Å². The monoisotopic (exact) mass is 168 g/mol. The molecule has 0 fully saturated rings. The first-order chi connectivity index (χ1) is 5.88. The summed E-state index contributed by atoms with van der Waals surface area (Å²) in [5.41, 5.74) is 0. The van der Waals surface area contributed by atoms with Crippen LogP contribution >= 0.6 is 0 Å². The van der Waals surface area contributed by atoms with Gasteiger partial charge in [-0.2, -0.15) is 0 Å². The average Bonchev–Trinajstić information content (AvgIpc) is 2.50. The lowest BCUT2D eigenvalue weighted by Crippen LogP contribution is -2.12. The summed E-state index contributed by atoms with van der Waals surface area (Å²) < 4.78 is 2.10. The molecule has 0 aliphatic heterocycles. The number of rotatable bonds is 5. The Hall–Kier alpha value is -0.900. The number of hydrogen-bond acceptors (Lipinski definition) is 3. The highest BCUT2D eigenvalue weighted by Crippen LogP contribution is 1.98. The summed E-state index contributed by atoms with van der Waals surface area (Å²) in [7, 11) is 1.92. The number of unbranched alkanes of at least 4 members (excludes halogenated alkanes) is 1. The van der Waals surface area contributed by atoms with E-state index in [1.54, 1.807) is 6.33 Å². The van der Waals surface area contributed by atoms with Crippen molar-refractivity contribution in [1.82, 2.24) is 20.1 Å². The maximum Gasteiger partial charge on any atom is 0.146 e. The zero-order valence-corrected chi connectivity index (χ0v) is 7.75. The maximum absolute atomic E-state index is 4.01. The van der Waals surface area contributed by atoms with Gasteiger partial charge in [0.25, 0.3) is 0 Å². The molecule has 1 heterocycles. The Kier molecular flexibility index (Phi) is 3.73. The Labute approximate surface area is 73.0 Å². The Morgan fingerprint density at radius 1 is 1.58 bits per heavy atom. The number of nitrogens with one attached hydrogen (secondary N) is 1. The van der Waals surface area contributed by atoms with Gasteiger partial charge < -0.3 is 9.88 Å². The molecule has 0 unspecified atom stereocenters. The highest BCUT2D eigenvalue weighted by Gasteiger charge is 2.00. The van der Waals surface area contributed by atoms with Crippen LogP contribution in [0.3, 0.4) is 0 Å². The predicted molar refractivity (Wildman–Crippen MR) is 47.7 cm³/mol. The van der Waals surface area contributed by atoms with Crippen molar-refractivity contribution in [1.29, 1.82) is 0 Å². The lowest BCUT2D eigenvalue weighted by molar-refractivity contribution is 0.587. The molecule has 0 atom stereocenters. The van der Waals surface area contributed by atoms with Crippen molar-refractivity contribution in [3.63, 3.8) is 0 Å². The van der Waals surface area contributed by atoms with E-state index in [1.165, 1.54) is 12.8 Å². The molecule has 1 aromatic heterocycles. The number of nitrogens with zero attached hydrogens (tertiary/aromatic N) is 3. The van der Waals surface area contributed by atoms with Gasteiger partial charge in [0.15, 0.2) is 0 Å². The quantitative estimate of drug-likeness (QED) is 0.707. The zero-order valence-electron chi connectivity index (χ0n) is 7.75. The molecule has 0 amide bonds. The van der Waals surface area contributed by atoms with Crippen molar-refractivity contribution in [2.75, 3.05) is 7.05 Å². The lowest BCUT2D eigenvalue weighted by Gasteiger charge is -2.03. The number of hydrogen-bond donors (Lipinski definition) is 1. The van der Waals surface area contributed by atoms with E-state index in [4.69, 9.17) is 0 Å². The first kappa shape index (κ1) is 9.19. The van der Waals surface area contributed by atoms with Crippen LogP contribution in [-0.4, -0.2) is 21.8 Å². The maximum atomic E-state index is 4.01. The Morgan fingerprint density at radius 3 is 3.08 bits per heavy atom. The van der Waals surface area contributed by atoms with Crippen molar-refractivity contribution in [3.8, 4) is 0 Å². The van der Waals surface area contributed by atoms with Crippen LogP contribution in [0.1, 0.15) is 25.6 Å². The summed E-state index contributed by atoms with van der Waals surface area (Å²) in [6.45, 7) is 4.01. The predicted octanol–water partition coefficient (Wildman–Crippen LogP) is 0.798. The SMILES string of the molecule is CCCCn1cnnc1CNC. The second-order valence-electron chi connectivity index (χ2n) is 2.82. The van der Waals surface area contributed by atoms with Crippen LogP contribution < -0.4 is 5.32 Å². The van der Waals surface area contributed by atoms with Crippen LogP contribution in [0.4, 0.5) is 0 Å². The van der Waals surface area contributed by atoms with Gasteiger partial charge >= 0.3 is 0 Å². The molecule has 68 valence electrons. The normalized spacial score (nSPS) is 10.5. The molecule has 0 saturated heterocycles. The molecule has 0 bridgehead atoms. The summed E-state index contributed by atoms with van der Waals surface area (Å²) in [5, 5.41) is 10.9. The number of aryl methyl sites for hydroxylation is 1. The Balaban J connectivity index is 2.51. The van der Waals surface area contributed by atoms with Gasteiger partial charge in [-0.3, -0.25) is 0 Å². The Bertz CT molecular complexity index is 219. The standard InChI is InChI=1S/C8H16N4/c1-3-4-5-12-7-10-11-8(12)6-9-2/h7,9H,3-6H2,1-2H3. The van der Waals surface area contributed by atoms with E-state index in [0.29, 0.717) is 0 Å². The molecule has 0 saturated carbocycles. The summed E-state index contributed by atoms with van der Waals surface area (Å²) in [4.78, 5) is 0. The van der Waals surface area contributed by atoms with Gasteiger partial charge in [0.2, 0.25) is 0 Å². The minimum atomic E-state index is 0.795. The van der Waals surface area contributed by atoms with Crippen molar-refractivity contribution in [3.05, 3.63) is 12.2 Å². The van der Waals surface area contributed by atoms with Gasteiger partial charge in [0.1, 0.15) is 12.2 Å². The average molecular weight is 168 g/mol. The smallest absolute Gasteiger partial charge is 0.146 e. The minimum Gasteiger partial charge on any atom is -0.317 e. The zero-order chi connectivity index (χ0) is 8.81. The van der Waals surface area contributed by atoms with E-state index in [-0.39, 0.29) is 0 Å². The van der Waals surface area contributed by atoms with Gasteiger partial charge in [-0.1, -0.05) is 13.3 Å².